The molecule has 43 heavy (non-hydrogen) atoms. The van der Waals surface area contributed by atoms with E-state index in [9.17, 15) is 23.2 Å². The van der Waals surface area contributed by atoms with Crippen molar-refractivity contribution in [2.45, 2.75) is 110 Å². The van der Waals surface area contributed by atoms with Gasteiger partial charge in [0.05, 0.1) is 7.11 Å². The summed E-state index contributed by atoms with van der Waals surface area (Å²) in [6.07, 6.45) is 1.21. The Balaban J connectivity index is 2.92. The summed E-state index contributed by atoms with van der Waals surface area (Å²) >= 11 is 0. The van der Waals surface area contributed by atoms with E-state index in [-0.39, 0.29) is 53.7 Å². The molecule has 0 bridgehead atoms. The van der Waals surface area contributed by atoms with Gasteiger partial charge in [0.15, 0.2) is 0 Å². The summed E-state index contributed by atoms with van der Waals surface area (Å²) in [7, 11) is -3.36. The van der Waals surface area contributed by atoms with Gasteiger partial charge in [-0.15, -0.1) is 0 Å². The van der Waals surface area contributed by atoms with Crippen LogP contribution in [0.25, 0.3) is 0 Å². The van der Waals surface area contributed by atoms with Gasteiger partial charge in [0.1, 0.15) is 27.6 Å². The van der Waals surface area contributed by atoms with Crippen LogP contribution in [0.2, 0.25) is 0 Å². The molecule has 0 aromatic heterocycles. The van der Waals surface area contributed by atoms with E-state index in [1.807, 2.05) is 51.1 Å². The molecule has 0 radical (unpaired) electrons. The van der Waals surface area contributed by atoms with E-state index in [1.54, 1.807) is 27.7 Å². The van der Waals surface area contributed by atoms with Crippen molar-refractivity contribution in [3.63, 3.8) is 0 Å². The van der Waals surface area contributed by atoms with Crippen LogP contribution in [0.15, 0.2) is 47.4 Å². The summed E-state index contributed by atoms with van der Waals surface area (Å²) in [5.74, 6) is -0.510. The Morgan fingerprint density at radius 2 is 1.67 bits per heavy atom. The number of hydroxylamine groups is 1. The van der Waals surface area contributed by atoms with Gasteiger partial charge in [-0.05, 0) is 63.6 Å². The van der Waals surface area contributed by atoms with E-state index in [0.717, 1.165) is 16.3 Å². The fourth-order valence-electron chi connectivity index (χ4n) is 4.75. The molecule has 0 saturated carbocycles. The first-order valence-electron chi connectivity index (χ1n) is 14.9. The standard InChI is InChI=1S/C32H49N3O7S/c1-9-12-18-25-26(41-8)19-20-27(29(25)34(38)30(37)42-31(5,6)7)43(39,40)35(28(36)21-23(4)10-2)32(33,11-3)22-24-16-14-13-15-17-24/h13-17,19-20,23,38H,9-12,18,21-22,33H2,1-8H3/t23-,32-/m0/s1. The molecule has 240 valence electrons. The normalized spacial score (nSPS) is 14.0. The molecule has 0 aliphatic carbocycles. The molecule has 11 heteroatoms. The lowest BCUT2D eigenvalue weighted by molar-refractivity contribution is -0.131. The molecule has 10 nitrogen and oxygen atoms in total. The molecular formula is C32H49N3O7S. The van der Waals surface area contributed by atoms with Crippen LogP contribution in [0.5, 0.6) is 5.75 Å². The maximum absolute atomic E-state index is 14.8. The molecule has 2 rings (SSSR count). The Morgan fingerprint density at radius 1 is 1.05 bits per heavy atom. The van der Waals surface area contributed by atoms with Crippen molar-refractivity contribution < 1.29 is 32.7 Å². The Bertz CT molecular complexity index is 1340. The Morgan fingerprint density at radius 3 is 2.19 bits per heavy atom. The predicted octanol–water partition coefficient (Wildman–Crippen LogP) is 6.43. The third-order valence-electron chi connectivity index (χ3n) is 7.32. The van der Waals surface area contributed by atoms with Crippen LogP contribution in [-0.2, 0) is 32.4 Å². The largest absolute Gasteiger partial charge is 0.496 e. The number of benzene rings is 2. The van der Waals surface area contributed by atoms with Crippen LogP contribution in [0.3, 0.4) is 0 Å². The third-order valence-corrected chi connectivity index (χ3v) is 9.25. The molecule has 0 aliphatic heterocycles. The van der Waals surface area contributed by atoms with Gasteiger partial charge in [-0.2, -0.15) is 5.06 Å². The van der Waals surface area contributed by atoms with Gasteiger partial charge in [0.25, 0.3) is 10.0 Å². The first-order valence-corrected chi connectivity index (χ1v) is 16.3. The number of rotatable bonds is 14. The SMILES string of the molecule is CCCCc1c(OC)ccc(S(=O)(=O)N(C(=O)C[C@@H](C)CC)[C@@](N)(CC)Cc2ccccc2)c1N(O)C(=O)OC(C)(C)C. The van der Waals surface area contributed by atoms with Crippen LogP contribution < -0.4 is 15.5 Å². The molecule has 0 heterocycles. The molecule has 0 spiro atoms. The van der Waals surface area contributed by atoms with Crippen molar-refractivity contribution in [1.29, 1.82) is 0 Å². The number of carbonyl (C=O) groups excluding carboxylic acids is 2. The second-order valence-electron chi connectivity index (χ2n) is 12.0. The Hall–Kier alpha value is -3.15. The maximum atomic E-state index is 14.8. The van der Waals surface area contributed by atoms with Gasteiger partial charge in [-0.3, -0.25) is 10.0 Å². The maximum Gasteiger partial charge on any atom is 0.439 e. The van der Waals surface area contributed by atoms with E-state index >= 15 is 0 Å². The van der Waals surface area contributed by atoms with Gasteiger partial charge in [-0.25, -0.2) is 17.5 Å². The van der Waals surface area contributed by atoms with Crippen LogP contribution in [-0.4, -0.2) is 48.3 Å². The van der Waals surface area contributed by atoms with Crippen molar-refractivity contribution in [2.24, 2.45) is 11.7 Å². The van der Waals surface area contributed by atoms with Crippen molar-refractivity contribution in [3.8, 4) is 5.75 Å². The lowest BCUT2D eigenvalue weighted by atomic mass is 9.96. The number of nitrogens with two attached hydrogens (primary N) is 1. The number of hydrogen-bond donors (Lipinski definition) is 2. The van der Waals surface area contributed by atoms with Crippen LogP contribution >= 0.6 is 0 Å². The summed E-state index contributed by atoms with van der Waals surface area (Å²) in [5.41, 5.74) is 4.96. The lowest BCUT2D eigenvalue weighted by Crippen LogP contribution is -2.61. The summed E-state index contributed by atoms with van der Waals surface area (Å²) in [4.78, 5) is 26.7. The number of nitrogens with zero attached hydrogens (tertiary/aromatic N) is 2. The van der Waals surface area contributed by atoms with Crippen molar-refractivity contribution in [2.75, 3.05) is 12.2 Å². The van der Waals surface area contributed by atoms with Crippen LogP contribution in [0.4, 0.5) is 10.5 Å². The molecule has 2 amide bonds. The second kappa shape index (κ2) is 15.0. The third kappa shape index (κ3) is 8.93. The fourth-order valence-corrected chi connectivity index (χ4v) is 6.66. The highest BCUT2D eigenvalue weighted by Gasteiger charge is 2.46. The number of ether oxygens (including phenoxy) is 2. The molecule has 0 unspecified atom stereocenters. The topological polar surface area (TPSA) is 139 Å². The fraction of sp³-hybridized carbons (Fsp3) is 0.562. The molecular weight excluding hydrogens is 570 g/mol. The zero-order chi connectivity index (χ0) is 32.6. The van der Waals surface area contributed by atoms with Crippen LogP contribution in [0.1, 0.15) is 91.7 Å². The average molecular weight is 620 g/mol. The second-order valence-corrected chi connectivity index (χ2v) is 13.7. The highest BCUT2D eigenvalue weighted by atomic mass is 32.2. The minimum Gasteiger partial charge on any atom is -0.496 e. The van der Waals surface area contributed by atoms with Crippen molar-refractivity contribution in [3.05, 3.63) is 53.6 Å². The Kier molecular flexibility index (Phi) is 12.6. The van der Waals surface area contributed by atoms with Crippen molar-refractivity contribution >= 4 is 27.7 Å². The highest BCUT2D eigenvalue weighted by molar-refractivity contribution is 7.89. The lowest BCUT2D eigenvalue weighted by Gasteiger charge is -2.40. The van der Waals surface area contributed by atoms with Gasteiger partial charge in [0.2, 0.25) is 5.91 Å². The zero-order valence-corrected chi connectivity index (χ0v) is 27.7. The molecule has 2 aromatic rings. The predicted molar refractivity (Wildman–Crippen MR) is 168 cm³/mol. The van der Waals surface area contributed by atoms with Gasteiger partial charge >= 0.3 is 6.09 Å². The number of hydrogen-bond acceptors (Lipinski definition) is 8. The van der Waals surface area contributed by atoms with Gasteiger partial charge < -0.3 is 15.2 Å². The molecule has 2 atom stereocenters. The first kappa shape index (κ1) is 36.0. The number of unbranched alkanes of at least 4 members (excludes halogenated alkanes) is 1. The minimum absolute atomic E-state index is 0.0545. The number of methoxy groups -OCH3 is 1. The average Bonchev–Trinajstić information content (AvgIpc) is 2.94. The van der Waals surface area contributed by atoms with Gasteiger partial charge in [-0.1, -0.05) is 70.9 Å². The van der Waals surface area contributed by atoms with E-state index in [2.05, 4.69) is 0 Å². The van der Waals surface area contributed by atoms with E-state index in [0.29, 0.717) is 12.8 Å². The summed E-state index contributed by atoms with van der Waals surface area (Å²) in [6, 6.07) is 11.8. The van der Waals surface area contributed by atoms with Gasteiger partial charge in [0, 0.05) is 18.4 Å². The minimum atomic E-state index is -4.78. The first-order chi connectivity index (χ1) is 20.1. The Labute approximate surface area is 257 Å². The number of carbonyl (C=O) groups is 2. The summed E-state index contributed by atoms with van der Waals surface area (Å²) in [6.45, 7) is 12.4. The number of amides is 2. The van der Waals surface area contributed by atoms with E-state index < -0.39 is 38.2 Å². The number of sulfonamides is 1. The van der Waals surface area contributed by atoms with E-state index in [1.165, 1.54) is 19.2 Å². The molecule has 0 saturated heterocycles. The van der Waals surface area contributed by atoms with Crippen molar-refractivity contribution in [1.82, 2.24) is 4.31 Å². The van der Waals surface area contributed by atoms with E-state index in [4.69, 9.17) is 15.2 Å². The molecule has 2 aromatic carbocycles. The summed E-state index contributed by atoms with van der Waals surface area (Å²) < 4.78 is 41.3. The zero-order valence-electron chi connectivity index (χ0n) is 26.8. The smallest absolute Gasteiger partial charge is 0.439 e. The molecule has 0 fully saturated rings. The monoisotopic (exact) mass is 619 g/mol. The number of anilines is 1. The quantitative estimate of drug-likeness (QED) is 0.140. The van der Waals surface area contributed by atoms with Crippen LogP contribution in [0, 0.1) is 5.92 Å². The summed E-state index contributed by atoms with van der Waals surface area (Å²) in [5, 5.41) is 11.5. The molecule has 0 aliphatic rings. The highest BCUT2D eigenvalue weighted by Crippen LogP contribution is 2.40. The molecule has 3 N–H and O–H groups in total.